The molecule has 0 unspecified atom stereocenters. The van der Waals surface area contributed by atoms with Gasteiger partial charge in [-0.1, -0.05) is 6.42 Å². The molecule has 0 amide bonds. The summed E-state index contributed by atoms with van der Waals surface area (Å²) < 4.78 is 5.05. The Morgan fingerprint density at radius 3 is 2.73 bits per heavy atom. The summed E-state index contributed by atoms with van der Waals surface area (Å²) in [5, 5.41) is 7.31. The summed E-state index contributed by atoms with van der Waals surface area (Å²) in [7, 11) is 0. The summed E-state index contributed by atoms with van der Waals surface area (Å²) in [6.45, 7) is 0. The van der Waals surface area contributed by atoms with Crippen LogP contribution in [0.25, 0.3) is 0 Å². The zero-order valence-electron chi connectivity index (χ0n) is 5.99. The van der Waals surface area contributed by atoms with Gasteiger partial charge in [-0.3, -0.25) is 4.79 Å². The van der Waals surface area contributed by atoms with Gasteiger partial charge >= 0.3 is 0 Å². The first-order chi connectivity index (χ1) is 5.40. The molecule has 0 radical (unpaired) electrons. The van der Waals surface area contributed by atoms with Crippen LogP contribution in [-0.2, 0) is 0 Å². The first-order valence-corrected chi connectivity index (χ1v) is 3.69. The second-order valence-electron chi connectivity index (χ2n) is 2.72. The van der Waals surface area contributed by atoms with Gasteiger partial charge < -0.3 is 4.42 Å². The molecular weight excluding hydrogens is 144 g/mol. The fourth-order valence-corrected chi connectivity index (χ4v) is 1.11. The summed E-state index contributed by atoms with van der Waals surface area (Å²) in [4.78, 5) is 10.2. The van der Waals surface area contributed by atoms with Crippen molar-refractivity contribution in [3.63, 3.8) is 0 Å². The van der Waals surface area contributed by atoms with Gasteiger partial charge in [0.1, 0.15) is 0 Å². The van der Waals surface area contributed by atoms with Crippen molar-refractivity contribution in [2.75, 3.05) is 0 Å². The molecule has 0 N–H and O–H groups in total. The van der Waals surface area contributed by atoms with E-state index in [1.165, 1.54) is 6.42 Å². The SMILES string of the molecule is O=Cc1nnc(C2CCC2)o1. The fourth-order valence-electron chi connectivity index (χ4n) is 1.11. The molecule has 11 heavy (non-hydrogen) atoms. The third kappa shape index (κ3) is 1.04. The molecule has 0 spiro atoms. The van der Waals surface area contributed by atoms with Crippen LogP contribution in [0, 0.1) is 0 Å². The molecule has 0 aromatic carbocycles. The number of rotatable bonds is 2. The zero-order valence-corrected chi connectivity index (χ0v) is 5.99. The van der Waals surface area contributed by atoms with Crippen LogP contribution in [0.4, 0.5) is 0 Å². The Labute approximate surface area is 63.6 Å². The molecule has 1 aliphatic rings. The van der Waals surface area contributed by atoms with Crippen LogP contribution >= 0.6 is 0 Å². The Morgan fingerprint density at radius 1 is 1.45 bits per heavy atom. The molecule has 0 saturated heterocycles. The van der Waals surface area contributed by atoms with E-state index in [0.29, 0.717) is 18.1 Å². The number of hydrogen-bond acceptors (Lipinski definition) is 4. The summed E-state index contributed by atoms with van der Waals surface area (Å²) in [6.07, 6.45) is 4.03. The van der Waals surface area contributed by atoms with Gasteiger partial charge in [0.25, 0.3) is 5.89 Å². The van der Waals surface area contributed by atoms with Gasteiger partial charge in [-0.2, -0.15) is 0 Å². The van der Waals surface area contributed by atoms with Crippen molar-refractivity contribution < 1.29 is 9.21 Å². The van der Waals surface area contributed by atoms with Gasteiger partial charge in [0.2, 0.25) is 12.2 Å². The van der Waals surface area contributed by atoms with Crippen LogP contribution in [0.15, 0.2) is 4.42 Å². The average Bonchev–Trinajstić information content (AvgIpc) is 2.32. The first-order valence-electron chi connectivity index (χ1n) is 3.69. The van der Waals surface area contributed by atoms with Crippen molar-refractivity contribution in [3.8, 4) is 0 Å². The third-order valence-corrected chi connectivity index (χ3v) is 2.01. The highest BCUT2D eigenvalue weighted by molar-refractivity contribution is 5.66. The van der Waals surface area contributed by atoms with Gasteiger partial charge in [0.05, 0.1) is 0 Å². The summed E-state index contributed by atoms with van der Waals surface area (Å²) in [5.74, 6) is 1.13. The van der Waals surface area contributed by atoms with Crippen molar-refractivity contribution in [1.29, 1.82) is 0 Å². The summed E-state index contributed by atoms with van der Waals surface area (Å²) in [5.41, 5.74) is 0. The van der Waals surface area contributed by atoms with Gasteiger partial charge in [0, 0.05) is 5.92 Å². The maximum absolute atomic E-state index is 10.2. The number of nitrogens with zero attached hydrogens (tertiary/aromatic N) is 2. The molecule has 1 aliphatic carbocycles. The molecule has 1 fully saturated rings. The largest absolute Gasteiger partial charge is 0.418 e. The van der Waals surface area contributed by atoms with E-state index in [2.05, 4.69) is 10.2 Å². The minimum absolute atomic E-state index is 0.0897. The second-order valence-corrected chi connectivity index (χ2v) is 2.72. The van der Waals surface area contributed by atoms with E-state index < -0.39 is 0 Å². The zero-order chi connectivity index (χ0) is 7.68. The smallest absolute Gasteiger partial charge is 0.280 e. The monoisotopic (exact) mass is 152 g/mol. The molecule has 4 nitrogen and oxygen atoms in total. The van der Waals surface area contributed by atoms with Crippen LogP contribution in [0.3, 0.4) is 0 Å². The molecule has 0 atom stereocenters. The van der Waals surface area contributed by atoms with Crippen molar-refractivity contribution in [1.82, 2.24) is 10.2 Å². The topological polar surface area (TPSA) is 56.0 Å². The number of carbonyl (C=O) groups excluding carboxylic acids is 1. The lowest BCUT2D eigenvalue weighted by Gasteiger charge is -2.20. The maximum Gasteiger partial charge on any atom is 0.280 e. The Morgan fingerprint density at radius 2 is 2.27 bits per heavy atom. The Kier molecular flexibility index (Phi) is 1.45. The van der Waals surface area contributed by atoms with Crippen LogP contribution in [0.5, 0.6) is 0 Å². The number of aromatic nitrogens is 2. The van der Waals surface area contributed by atoms with E-state index >= 15 is 0 Å². The maximum atomic E-state index is 10.2. The van der Waals surface area contributed by atoms with Crippen molar-refractivity contribution >= 4 is 6.29 Å². The lowest BCUT2D eigenvalue weighted by Crippen LogP contribution is -2.08. The Hall–Kier alpha value is -1.19. The quantitative estimate of drug-likeness (QED) is 0.596. The van der Waals surface area contributed by atoms with Gasteiger partial charge in [0.15, 0.2) is 0 Å². The highest BCUT2D eigenvalue weighted by Gasteiger charge is 2.24. The van der Waals surface area contributed by atoms with Gasteiger partial charge in [-0.15, -0.1) is 10.2 Å². The lowest BCUT2D eigenvalue weighted by atomic mass is 9.85. The van der Waals surface area contributed by atoms with E-state index in [0.717, 1.165) is 12.8 Å². The van der Waals surface area contributed by atoms with E-state index in [1.807, 2.05) is 0 Å². The highest BCUT2D eigenvalue weighted by atomic mass is 16.4. The average molecular weight is 152 g/mol. The van der Waals surface area contributed by atoms with Crippen molar-refractivity contribution in [3.05, 3.63) is 11.8 Å². The fraction of sp³-hybridized carbons (Fsp3) is 0.571. The van der Waals surface area contributed by atoms with E-state index in [9.17, 15) is 4.79 Å². The van der Waals surface area contributed by atoms with Crippen LogP contribution in [0.2, 0.25) is 0 Å². The van der Waals surface area contributed by atoms with Gasteiger partial charge in [-0.05, 0) is 12.8 Å². The van der Waals surface area contributed by atoms with E-state index in [4.69, 9.17) is 4.42 Å². The van der Waals surface area contributed by atoms with Crippen molar-refractivity contribution in [2.24, 2.45) is 0 Å². The number of hydrogen-bond donors (Lipinski definition) is 0. The van der Waals surface area contributed by atoms with Crippen LogP contribution in [0.1, 0.15) is 41.8 Å². The Balaban J connectivity index is 2.17. The van der Waals surface area contributed by atoms with Crippen molar-refractivity contribution in [2.45, 2.75) is 25.2 Å². The molecule has 1 aromatic rings. The van der Waals surface area contributed by atoms with E-state index in [1.54, 1.807) is 0 Å². The van der Waals surface area contributed by atoms with E-state index in [-0.39, 0.29) is 5.89 Å². The minimum atomic E-state index is 0.0897. The molecule has 0 bridgehead atoms. The molecule has 1 saturated carbocycles. The predicted octanol–water partition coefficient (Wildman–Crippen LogP) is 1.15. The summed E-state index contributed by atoms with van der Waals surface area (Å²) in [6, 6.07) is 0. The molecular formula is C7H8N2O2. The summed E-state index contributed by atoms with van der Waals surface area (Å²) >= 11 is 0. The van der Waals surface area contributed by atoms with Gasteiger partial charge in [-0.25, -0.2) is 0 Å². The molecule has 2 rings (SSSR count). The molecule has 0 aliphatic heterocycles. The molecule has 58 valence electrons. The van der Waals surface area contributed by atoms with Crippen LogP contribution in [-0.4, -0.2) is 16.5 Å². The Bertz CT molecular complexity index is 265. The minimum Gasteiger partial charge on any atom is -0.418 e. The molecule has 1 aromatic heterocycles. The van der Waals surface area contributed by atoms with Crippen LogP contribution < -0.4 is 0 Å². The molecule has 1 heterocycles. The standard InChI is InChI=1S/C7H8N2O2/c10-4-6-8-9-7(11-6)5-2-1-3-5/h4-5H,1-3H2. The number of aldehydes is 1. The molecule has 4 heteroatoms. The highest BCUT2D eigenvalue weighted by Crippen LogP contribution is 2.35. The number of carbonyl (C=O) groups is 1. The lowest BCUT2D eigenvalue weighted by molar-refractivity contribution is 0.109. The second kappa shape index (κ2) is 2.45. The predicted molar refractivity (Wildman–Crippen MR) is 36.3 cm³/mol. The third-order valence-electron chi connectivity index (χ3n) is 2.01. The first kappa shape index (κ1) is 6.52. The normalized spacial score (nSPS) is 17.8.